The molecule has 13 heteroatoms. The number of hydrogen-bond donors (Lipinski definition) is 6. The minimum absolute atomic E-state index is 0.119. The van der Waals surface area contributed by atoms with Crippen LogP contribution in [0.25, 0.3) is 0 Å². The van der Waals surface area contributed by atoms with Crippen LogP contribution in [0.1, 0.15) is 32.6 Å². The summed E-state index contributed by atoms with van der Waals surface area (Å²) in [5.74, 6) is -3.24. The van der Waals surface area contributed by atoms with E-state index in [1.807, 2.05) is 6.26 Å². The van der Waals surface area contributed by atoms with Gasteiger partial charge in [0.25, 0.3) is 0 Å². The Labute approximate surface area is 178 Å². The van der Waals surface area contributed by atoms with Crippen molar-refractivity contribution in [2.45, 2.75) is 56.8 Å². The SMILES string of the molecule is CSCC[C@H](NC(=O)[C@H](C)N)C(=O)N[C@@H](CCC(N)=O)C(=O)N[C@H]1CC(=O)NC1=O. The largest absolute Gasteiger partial charge is 0.370 e. The standard InChI is InChI=1S/C17H28N6O6S/c1-8(18)14(26)20-10(5-6-30-2)16(28)21-9(3-4-12(19)24)15(27)22-11-7-13(25)23-17(11)29/h8-11H,3-7,18H2,1-2H3,(H2,19,24)(H,20,26)(H,21,28)(H,22,27)(H,23,25,29)/t8-,9-,10-,11-/m0/s1. The van der Waals surface area contributed by atoms with Crippen molar-refractivity contribution in [3.05, 3.63) is 0 Å². The van der Waals surface area contributed by atoms with E-state index in [0.29, 0.717) is 5.75 Å². The van der Waals surface area contributed by atoms with Crippen LogP contribution in [0.3, 0.4) is 0 Å². The van der Waals surface area contributed by atoms with E-state index in [1.165, 1.54) is 18.7 Å². The molecule has 1 heterocycles. The van der Waals surface area contributed by atoms with Crippen molar-refractivity contribution in [3.63, 3.8) is 0 Å². The zero-order valence-electron chi connectivity index (χ0n) is 16.9. The molecule has 0 aromatic carbocycles. The molecule has 1 aliphatic rings. The van der Waals surface area contributed by atoms with Gasteiger partial charge in [0.2, 0.25) is 35.4 Å². The molecule has 1 rings (SSSR count). The minimum atomic E-state index is -1.20. The highest BCUT2D eigenvalue weighted by molar-refractivity contribution is 7.98. The molecule has 6 amide bonds. The topological polar surface area (TPSA) is 203 Å². The maximum Gasteiger partial charge on any atom is 0.249 e. The molecular formula is C17H28N6O6S. The van der Waals surface area contributed by atoms with Gasteiger partial charge in [-0.25, -0.2) is 0 Å². The number of nitrogens with one attached hydrogen (secondary N) is 4. The van der Waals surface area contributed by atoms with Gasteiger partial charge in [-0.2, -0.15) is 11.8 Å². The van der Waals surface area contributed by atoms with Crippen LogP contribution in [-0.4, -0.2) is 71.6 Å². The summed E-state index contributed by atoms with van der Waals surface area (Å²) in [6, 6.07) is -4.04. The summed E-state index contributed by atoms with van der Waals surface area (Å²) >= 11 is 1.46. The van der Waals surface area contributed by atoms with Crippen molar-refractivity contribution in [2.24, 2.45) is 11.5 Å². The van der Waals surface area contributed by atoms with Crippen LogP contribution in [0.15, 0.2) is 0 Å². The van der Waals surface area contributed by atoms with Crippen LogP contribution in [0.5, 0.6) is 0 Å². The average Bonchev–Trinajstić information content (AvgIpc) is 2.97. The summed E-state index contributed by atoms with van der Waals surface area (Å²) < 4.78 is 0. The number of nitrogens with two attached hydrogens (primary N) is 2. The minimum Gasteiger partial charge on any atom is -0.370 e. The molecule has 0 aromatic heterocycles. The normalized spacial score (nSPS) is 18.7. The van der Waals surface area contributed by atoms with Crippen molar-refractivity contribution in [1.82, 2.24) is 21.3 Å². The molecule has 0 aromatic rings. The van der Waals surface area contributed by atoms with Gasteiger partial charge in [0.1, 0.15) is 18.1 Å². The number of hydrogen-bond acceptors (Lipinski definition) is 8. The van der Waals surface area contributed by atoms with Crippen LogP contribution in [-0.2, 0) is 28.8 Å². The van der Waals surface area contributed by atoms with Gasteiger partial charge in [0.05, 0.1) is 12.5 Å². The summed E-state index contributed by atoms with van der Waals surface area (Å²) in [6.07, 6.45) is 1.58. The second-order valence-electron chi connectivity index (χ2n) is 6.88. The smallest absolute Gasteiger partial charge is 0.249 e. The number of imide groups is 1. The fourth-order valence-corrected chi connectivity index (χ4v) is 3.05. The lowest BCUT2D eigenvalue weighted by molar-refractivity contribution is -0.133. The van der Waals surface area contributed by atoms with E-state index in [2.05, 4.69) is 21.3 Å². The molecule has 0 spiro atoms. The maximum absolute atomic E-state index is 12.7. The van der Waals surface area contributed by atoms with Crippen LogP contribution < -0.4 is 32.7 Å². The van der Waals surface area contributed by atoms with E-state index in [9.17, 15) is 28.8 Å². The van der Waals surface area contributed by atoms with Gasteiger partial charge in [-0.1, -0.05) is 0 Å². The fraction of sp³-hybridized carbons (Fsp3) is 0.647. The number of amides is 6. The van der Waals surface area contributed by atoms with Crippen LogP contribution >= 0.6 is 11.8 Å². The lowest BCUT2D eigenvalue weighted by Crippen LogP contribution is -2.57. The molecule has 8 N–H and O–H groups in total. The zero-order chi connectivity index (χ0) is 22.8. The molecule has 4 atom stereocenters. The zero-order valence-corrected chi connectivity index (χ0v) is 17.7. The molecule has 1 fully saturated rings. The molecule has 0 radical (unpaired) electrons. The highest BCUT2D eigenvalue weighted by Crippen LogP contribution is 2.07. The fourth-order valence-electron chi connectivity index (χ4n) is 2.58. The first-order valence-electron chi connectivity index (χ1n) is 9.32. The Morgan fingerprint density at radius 1 is 1.10 bits per heavy atom. The average molecular weight is 445 g/mol. The molecule has 12 nitrogen and oxygen atoms in total. The highest BCUT2D eigenvalue weighted by Gasteiger charge is 2.34. The van der Waals surface area contributed by atoms with Crippen molar-refractivity contribution < 1.29 is 28.8 Å². The van der Waals surface area contributed by atoms with E-state index in [0.717, 1.165) is 0 Å². The Balaban J connectivity index is 2.88. The number of rotatable bonds is 12. The van der Waals surface area contributed by atoms with Crippen LogP contribution in [0, 0.1) is 0 Å². The third-order valence-electron chi connectivity index (χ3n) is 4.25. The van der Waals surface area contributed by atoms with Crippen molar-refractivity contribution in [1.29, 1.82) is 0 Å². The first kappa shape index (κ1) is 25.4. The Morgan fingerprint density at radius 2 is 1.70 bits per heavy atom. The summed E-state index contributed by atoms with van der Waals surface area (Å²) in [4.78, 5) is 71.3. The Hall–Kier alpha value is -2.67. The van der Waals surface area contributed by atoms with Gasteiger partial charge < -0.3 is 27.4 Å². The lowest BCUT2D eigenvalue weighted by Gasteiger charge is -2.24. The molecule has 0 saturated carbocycles. The van der Waals surface area contributed by atoms with Gasteiger partial charge in [-0.15, -0.1) is 0 Å². The molecule has 30 heavy (non-hydrogen) atoms. The number of carbonyl (C=O) groups is 6. The second kappa shape index (κ2) is 12.1. The second-order valence-corrected chi connectivity index (χ2v) is 7.86. The third kappa shape index (κ3) is 8.37. The maximum atomic E-state index is 12.7. The van der Waals surface area contributed by atoms with Crippen molar-refractivity contribution in [3.8, 4) is 0 Å². The van der Waals surface area contributed by atoms with E-state index in [-0.39, 0.29) is 25.7 Å². The quantitative estimate of drug-likeness (QED) is 0.169. The lowest BCUT2D eigenvalue weighted by atomic mass is 10.1. The molecule has 0 bridgehead atoms. The molecule has 168 valence electrons. The molecule has 1 aliphatic heterocycles. The third-order valence-corrected chi connectivity index (χ3v) is 4.90. The highest BCUT2D eigenvalue weighted by atomic mass is 32.2. The molecule has 1 saturated heterocycles. The first-order chi connectivity index (χ1) is 14.0. The van der Waals surface area contributed by atoms with E-state index in [4.69, 9.17) is 11.5 Å². The van der Waals surface area contributed by atoms with Gasteiger partial charge in [-0.05, 0) is 31.8 Å². The van der Waals surface area contributed by atoms with E-state index < -0.39 is 59.6 Å². The van der Waals surface area contributed by atoms with Crippen molar-refractivity contribution in [2.75, 3.05) is 12.0 Å². The molecular weight excluding hydrogens is 416 g/mol. The molecule has 0 unspecified atom stereocenters. The monoisotopic (exact) mass is 444 g/mol. The van der Waals surface area contributed by atoms with Crippen molar-refractivity contribution >= 4 is 47.2 Å². The van der Waals surface area contributed by atoms with E-state index >= 15 is 0 Å². The Bertz CT molecular complexity index is 700. The Kier molecular flexibility index (Phi) is 10.3. The summed E-state index contributed by atoms with van der Waals surface area (Å²) in [5.41, 5.74) is 10.7. The van der Waals surface area contributed by atoms with Crippen LogP contribution in [0.4, 0.5) is 0 Å². The van der Waals surface area contributed by atoms with Gasteiger partial charge in [-0.3, -0.25) is 34.1 Å². The summed E-state index contributed by atoms with van der Waals surface area (Å²) in [7, 11) is 0. The number of primary amides is 1. The van der Waals surface area contributed by atoms with Gasteiger partial charge >= 0.3 is 0 Å². The number of carbonyl (C=O) groups excluding carboxylic acids is 6. The van der Waals surface area contributed by atoms with E-state index in [1.54, 1.807) is 0 Å². The van der Waals surface area contributed by atoms with Gasteiger partial charge in [0.15, 0.2) is 0 Å². The predicted octanol–water partition coefficient (Wildman–Crippen LogP) is -3.15. The number of thioether (sulfide) groups is 1. The summed E-state index contributed by atoms with van der Waals surface area (Å²) in [5, 5.41) is 9.45. The Morgan fingerprint density at radius 3 is 2.20 bits per heavy atom. The van der Waals surface area contributed by atoms with Crippen LogP contribution in [0.2, 0.25) is 0 Å². The molecule has 0 aliphatic carbocycles. The predicted molar refractivity (Wildman–Crippen MR) is 109 cm³/mol. The summed E-state index contributed by atoms with van der Waals surface area (Å²) in [6.45, 7) is 1.47. The van der Waals surface area contributed by atoms with Gasteiger partial charge in [0, 0.05) is 6.42 Å². The first-order valence-corrected chi connectivity index (χ1v) is 10.7.